The SMILES string of the molecule is COc1cc2[nH]c3c(Nc4cc(C)ccc4C)ncnc3c2cc1OC. The number of hydrogen-bond acceptors (Lipinski definition) is 5. The van der Waals surface area contributed by atoms with Gasteiger partial charge < -0.3 is 19.8 Å². The fourth-order valence-corrected chi connectivity index (χ4v) is 3.11. The minimum absolute atomic E-state index is 0.670. The fourth-order valence-electron chi connectivity index (χ4n) is 3.11. The van der Waals surface area contributed by atoms with Gasteiger partial charge in [0.25, 0.3) is 0 Å². The number of aromatic nitrogens is 3. The maximum absolute atomic E-state index is 5.42. The van der Waals surface area contributed by atoms with Gasteiger partial charge in [-0.3, -0.25) is 0 Å². The van der Waals surface area contributed by atoms with Gasteiger partial charge in [0.15, 0.2) is 17.3 Å². The Kier molecular flexibility index (Phi) is 3.88. The van der Waals surface area contributed by atoms with Crippen LogP contribution < -0.4 is 14.8 Å². The zero-order valence-corrected chi connectivity index (χ0v) is 15.2. The summed E-state index contributed by atoms with van der Waals surface area (Å²) in [6.45, 7) is 4.14. The smallest absolute Gasteiger partial charge is 0.162 e. The van der Waals surface area contributed by atoms with Gasteiger partial charge >= 0.3 is 0 Å². The summed E-state index contributed by atoms with van der Waals surface area (Å²) >= 11 is 0. The van der Waals surface area contributed by atoms with Crippen molar-refractivity contribution in [3.8, 4) is 11.5 Å². The lowest BCUT2D eigenvalue weighted by molar-refractivity contribution is 0.356. The van der Waals surface area contributed by atoms with Crippen LogP contribution in [-0.4, -0.2) is 29.2 Å². The van der Waals surface area contributed by atoms with Crippen LogP contribution in [0.15, 0.2) is 36.7 Å². The van der Waals surface area contributed by atoms with Crippen molar-refractivity contribution in [1.29, 1.82) is 0 Å². The van der Waals surface area contributed by atoms with Crippen LogP contribution in [0.2, 0.25) is 0 Å². The number of rotatable bonds is 4. The minimum Gasteiger partial charge on any atom is -0.493 e. The van der Waals surface area contributed by atoms with Crippen LogP contribution in [0.3, 0.4) is 0 Å². The molecule has 132 valence electrons. The van der Waals surface area contributed by atoms with Crippen molar-refractivity contribution < 1.29 is 9.47 Å². The molecule has 2 heterocycles. The normalized spacial score (nSPS) is 11.1. The van der Waals surface area contributed by atoms with Crippen LogP contribution in [0, 0.1) is 13.8 Å². The molecule has 0 atom stereocenters. The summed E-state index contributed by atoms with van der Waals surface area (Å²) in [4.78, 5) is 12.3. The Morgan fingerprint density at radius 1 is 0.962 bits per heavy atom. The van der Waals surface area contributed by atoms with E-state index in [0.717, 1.165) is 39.0 Å². The lowest BCUT2D eigenvalue weighted by Gasteiger charge is -2.10. The number of fused-ring (bicyclic) bond motifs is 3. The highest BCUT2D eigenvalue weighted by molar-refractivity contribution is 6.09. The standard InChI is InChI=1S/C20H20N4O2/c1-11-5-6-12(2)14(7-11)24-20-19-18(21-10-22-20)13-8-16(25-3)17(26-4)9-15(13)23-19/h5-10,23H,1-4H3,(H,21,22,24). The summed E-state index contributed by atoms with van der Waals surface area (Å²) < 4.78 is 10.8. The van der Waals surface area contributed by atoms with Crippen LogP contribution in [0.1, 0.15) is 11.1 Å². The summed E-state index contributed by atoms with van der Waals surface area (Å²) in [6.07, 6.45) is 1.57. The van der Waals surface area contributed by atoms with E-state index in [-0.39, 0.29) is 0 Å². The molecule has 2 aromatic heterocycles. The topological polar surface area (TPSA) is 72.1 Å². The van der Waals surface area contributed by atoms with Crippen molar-refractivity contribution >= 4 is 33.4 Å². The zero-order valence-electron chi connectivity index (χ0n) is 15.2. The number of ether oxygens (including phenoxy) is 2. The monoisotopic (exact) mass is 348 g/mol. The van der Waals surface area contributed by atoms with E-state index in [2.05, 4.69) is 52.3 Å². The zero-order chi connectivity index (χ0) is 18.3. The molecule has 0 aliphatic carbocycles. The number of hydrogen-bond donors (Lipinski definition) is 2. The molecule has 4 rings (SSSR count). The third-order valence-electron chi connectivity index (χ3n) is 4.53. The van der Waals surface area contributed by atoms with Crippen molar-refractivity contribution in [2.24, 2.45) is 0 Å². The molecular weight excluding hydrogens is 328 g/mol. The molecular formula is C20H20N4O2. The van der Waals surface area contributed by atoms with Gasteiger partial charge in [-0.2, -0.15) is 0 Å². The first-order valence-corrected chi connectivity index (χ1v) is 8.33. The second kappa shape index (κ2) is 6.22. The molecule has 2 N–H and O–H groups in total. The highest BCUT2D eigenvalue weighted by atomic mass is 16.5. The molecule has 0 bridgehead atoms. The number of aryl methyl sites for hydroxylation is 2. The summed E-state index contributed by atoms with van der Waals surface area (Å²) in [5.41, 5.74) is 5.97. The van der Waals surface area contributed by atoms with Crippen LogP contribution in [0.4, 0.5) is 11.5 Å². The Morgan fingerprint density at radius 2 is 1.73 bits per heavy atom. The number of benzene rings is 2. The first-order valence-electron chi connectivity index (χ1n) is 8.33. The van der Waals surface area contributed by atoms with Gasteiger partial charge in [0.05, 0.1) is 19.7 Å². The maximum Gasteiger partial charge on any atom is 0.162 e. The maximum atomic E-state index is 5.42. The van der Waals surface area contributed by atoms with E-state index in [4.69, 9.17) is 9.47 Å². The third kappa shape index (κ3) is 2.60. The van der Waals surface area contributed by atoms with E-state index < -0.39 is 0 Å². The lowest BCUT2D eigenvalue weighted by atomic mass is 10.1. The molecule has 0 saturated heterocycles. The number of aromatic amines is 1. The number of H-pyrrole nitrogens is 1. The molecule has 0 aliphatic heterocycles. The molecule has 6 heteroatoms. The van der Waals surface area contributed by atoms with Crippen LogP contribution >= 0.6 is 0 Å². The average Bonchev–Trinajstić information content (AvgIpc) is 3.02. The van der Waals surface area contributed by atoms with Gasteiger partial charge in [0.2, 0.25) is 0 Å². The van der Waals surface area contributed by atoms with E-state index in [9.17, 15) is 0 Å². The lowest BCUT2D eigenvalue weighted by Crippen LogP contribution is -1.97. The van der Waals surface area contributed by atoms with Gasteiger partial charge in [-0.15, -0.1) is 0 Å². The predicted molar refractivity (Wildman–Crippen MR) is 104 cm³/mol. The molecule has 4 aromatic rings. The van der Waals surface area contributed by atoms with E-state index in [0.29, 0.717) is 11.5 Å². The Balaban J connectivity index is 1.90. The molecule has 0 aliphatic rings. The summed E-state index contributed by atoms with van der Waals surface area (Å²) in [5.74, 6) is 2.07. The molecule has 0 unspecified atom stereocenters. The van der Waals surface area contributed by atoms with Crippen molar-refractivity contribution in [3.63, 3.8) is 0 Å². The van der Waals surface area contributed by atoms with Gasteiger partial charge in [0, 0.05) is 17.1 Å². The van der Waals surface area contributed by atoms with Crippen LogP contribution in [0.5, 0.6) is 11.5 Å². The van der Waals surface area contributed by atoms with E-state index in [1.54, 1.807) is 20.5 Å². The first kappa shape index (κ1) is 16.2. The van der Waals surface area contributed by atoms with E-state index in [1.165, 1.54) is 5.56 Å². The molecule has 0 amide bonds. The second-order valence-corrected chi connectivity index (χ2v) is 6.27. The predicted octanol–water partition coefficient (Wildman–Crippen LogP) is 4.49. The molecule has 26 heavy (non-hydrogen) atoms. The number of nitrogens with zero attached hydrogens (tertiary/aromatic N) is 2. The molecule has 0 saturated carbocycles. The summed E-state index contributed by atoms with van der Waals surface area (Å²) in [7, 11) is 3.25. The number of nitrogens with one attached hydrogen (secondary N) is 2. The van der Waals surface area contributed by atoms with Gasteiger partial charge in [-0.05, 0) is 37.1 Å². The quantitative estimate of drug-likeness (QED) is 0.568. The van der Waals surface area contributed by atoms with E-state index in [1.807, 2.05) is 12.1 Å². The van der Waals surface area contributed by atoms with Crippen LogP contribution in [-0.2, 0) is 0 Å². The highest BCUT2D eigenvalue weighted by Gasteiger charge is 2.15. The van der Waals surface area contributed by atoms with Crippen molar-refractivity contribution in [2.45, 2.75) is 13.8 Å². The Hall–Kier alpha value is -3.28. The second-order valence-electron chi connectivity index (χ2n) is 6.27. The molecule has 2 aromatic carbocycles. The number of anilines is 2. The molecule has 0 fully saturated rings. The average molecular weight is 348 g/mol. The summed E-state index contributed by atoms with van der Waals surface area (Å²) in [6, 6.07) is 10.1. The van der Waals surface area contributed by atoms with Crippen molar-refractivity contribution in [2.75, 3.05) is 19.5 Å². The minimum atomic E-state index is 0.670. The molecule has 6 nitrogen and oxygen atoms in total. The molecule has 0 spiro atoms. The largest absolute Gasteiger partial charge is 0.493 e. The van der Waals surface area contributed by atoms with Crippen molar-refractivity contribution in [3.05, 3.63) is 47.8 Å². The summed E-state index contributed by atoms with van der Waals surface area (Å²) in [5, 5.41) is 4.39. The number of methoxy groups -OCH3 is 2. The highest BCUT2D eigenvalue weighted by Crippen LogP contribution is 2.36. The van der Waals surface area contributed by atoms with Gasteiger partial charge in [-0.25, -0.2) is 9.97 Å². The molecule has 0 radical (unpaired) electrons. The van der Waals surface area contributed by atoms with Crippen molar-refractivity contribution in [1.82, 2.24) is 15.0 Å². The van der Waals surface area contributed by atoms with E-state index >= 15 is 0 Å². The van der Waals surface area contributed by atoms with Gasteiger partial charge in [-0.1, -0.05) is 12.1 Å². The fraction of sp³-hybridized carbons (Fsp3) is 0.200. The van der Waals surface area contributed by atoms with Gasteiger partial charge in [0.1, 0.15) is 17.4 Å². The Labute approximate surface area is 151 Å². The van der Waals surface area contributed by atoms with Crippen LogP contribution in [0.25, 0.3) is 21.9 Å². The Bertz CT molecular complexity index is 1120. The Morgan fingerprint density at radius 3 is 2.50 bits per heavy atom. The third-order valence-corrected chi connectivity index (χ3v) is 4.53. The first-order chi connectivity index (χ1) is 12.6.